The van der Waals surface area contributed by atoms with Crippen LogP contribution in [-0.2, 0) is 0 Å². The first kappa shape index (κ1) is 10.8. The highest BCUT2D eigenvalue weighted by Crippen LogP contribution is 2.15. The zero-order valence-corrected chi connectivity index (χ0v) is 9.29. The van der Waals surface area contributed by atoms with Gasteiger partial charge in [0.25, 0.3) is 0 Å². The van der Waals surface area contributed by atoms with E-state index in [0.29, 0.717) is 10.7 Å². The van der Waals surface area contributed by atoms with Crippen molar-refractivity contribution in [2.24, 2.45) is 0 Å². The smallest absolute Gasteiger partial charge is 0.308 e. The maximum Gasteiger partial charge on any atom is 0.323 e. The number of hydrogen-bond acceptors (Lipinski definition) is 1. The highest BCUT2D eigenvalue weighted by Gasteiger charge is 2.04. The van der Waals surface area contributed by atoms with Gasteiger partial charge in [-0.25, -0.2) is 4.79 Å². The molecule has 0 atom stereocenters. The molecule has 82 valence electrons. The number of anilines is 1. The Hall–Kier alpha value is -1.74. The molecule has 3 nitrogen and oxygen atoms in total. The third-order valence-electron chi connectivity index (χ3n) is 2.11. The van der Waals surface area contributed by atoms with Crippen LogP contribution in [0.3, 0.4) is 0 Å². The van der Waals surface area contributed by atoms with Gasteiger partial charge in [-0.1, -0.05) is 29.8 Å². The molecule has 0 aromatic heterocycles. The number of hydrogen-bond donors (Lipinski definition) is 2. The SMILES string of the molecule is O=C(NC1=CCC=C1)Nc1cccc(Cl)c1. The van der Waals surface area contributed by atoms with Gasteiger partial charge in [-0.05, 0) is 30.7 Å². The van der Waals surface area contributed by atoms with Gasteiger partial charge in [-0.15, -0.1) is 0 Å². The minimum absolute atomic E-state index is 0.264. The van der Waals surface area contributed by atoms with Crippen LogP contribution in [0.1, 0.15) is 6.42 Å². The minimum atomic E-state index is -0.264. The fourth-order valence-corrected chi connectivity index (χ4v) is 1.60. The van der Waals surface area contributed by atoms with Crippen molar-refractivity contribution in [3.05, 3.63) is 53.2 Å². The highest BCUT2D eigenvalue weighted by molar-refractivity contribution is 6.30. The van der Waals surface area contributed by atoms with Gasteiger partial charge in [-0.2, -0.15) is 0 Å². The van der Waals surface area contributed by atoms with Crippen molar-refractivity contribution in [1.82, 2.24) is 5.32 Å². The summed E-state index contributed by atoms with van der Waals surface area (Å²) in [7, 11) is 0. The van der Waals surface area contributed by atoms with Gasteiger partial charge < -0.3 is 10.6 Å². The average Bonchev–Trinajstić information content (AvgIpc) is 2.70. The van der Waals surface area contributed by atoms with Gasteiger partial charge in [-0.3, -0.25) is 0 Å². The molecule has 16 heavy (non-hydrogen) atoms. The van der Waals surface area contributed by atoms with Gasteiger partial charge in [0.05, 0.1) is 0 Å². The molecule has 1 aromatic carbocycles. The monoisotopic (exact) mass is 234 g/mol. The van der Waals surface area contributed by atoms with E-state index in [-0.39, 0.29) is 6.03 Å². The summed E-state index contributed by atoms with van der Waals surface area (Å²) in [6.07, 6.45) is 6.66. The van der Waals surface area contributed by atoms with Crippen LogP contribution in [0.15, 0.2) is 48.2 Å². The summed E-state index contributed by atoms with van der Waals surface area (Å²) in [6, 6.07) is 6.75. The molecule has 0 heterocycles. The number of nitrogens with one attached hydrogen (secondary N) is 2. The van der Waals surface area contributed by atoms with E-state index < -0.39 is 0 Å². The number of carbonyl (C=O) groups is 1. The number of rotatable bonds is 2. The van der Waals surface area contributed by atoms with Crippen LogP contribution in [0, 0.1) is 0 Å². The Morgan fingerprint density at radius 3 is 2.88 bits per heavy atom. The maximum atomic E-state index is 11.5. The molecule has 0 bridgehead atoms. The van der Waals surface area contributed by atoms with E-state index >= 15 is 0 Å². The number of amides is 2. The van der Waals surface area contributed by atoms with Crippen molar-refractivity contribution in [3.63, 3.8) is 0 Å². The quantitative estimate of drug-likeness (QED) is 0.810. The van der Waals surface area contributed by atoms with Gasteiger partial charge in [0.15, 0.2) is 0 Å². The molecule has 0 saturated heterocycles. The van der Waals surface area contributed by atoms with E-state index in [1.54, 1.807) is 24.3 Å². The Kier molecular flexibility index (Phi) is 3.27. The lowest BCUT2D eigenvalue weighted by Crippen LogP contribution is -2.27. The second kappa shape index (κ2) is 4.86. The molecule has 0 fully saturated rings. The highest BCUT2D eigenvalue weighted by atomic mass is 35.5. The van der Waals surface area contributed by atoms with E-state index in [4.69, 9.17) is 11.6 Å². The molecule has 1 aliphatic rings. The summed E-state index contributed by atoms with van der Waals surface area (Å²) in [6.45, 7) is 0. The number of halogens is 1. The van der Waals surface area contributed by atoms with E-state index in [9.17, 15) is 4.79 Å². The van der Waals surface area contributed by atoms with Crippen molar-refractivity contribution in [1.29, 1.82) is 0 Å². The largest absolute Gasteiger partial charge is 0.323 e. The van der Waals surface area contributed by atoms with Crippen LogP contribution in [0.4, 0.5) is 10.5 Å². The van der Waals surface area contributed by atoms with Crippen LogP contribution in [0.5, 0.6) is 0 Å². The Morgan fingerprint density at radius 1 is 1.31 bits per heavy atom. The fourth-order valence-electron chi connectivity index (χ4n) is 1.41. The second-order valence-corrected chi connectivity index (χ2v) is 3.82. The van der Waals surface area contributed by atoms with E-state index in [2.05, 4.69) is 10.6 Å². The molecule has 1 aromatic rings. The van der Waals surface area contributed by atoms with Crippen LogP contribution >= 0.6 is 11.6 Å². The summed E-state index contributed by atoms with van der Waals surface area (Å²) in [5.74, 6) is 0. The third kappa shape index (κ3) is 2.87. The summed E-state index contributed by atoms with van der Waals surface area (Å²) >= 11 is 5.80. The predicted octanol–water partition coefficient (Wildman–Crippen LogP) is 3.31. The molecule has 2 amide bonds. The number of carbonyl (C=O) groups excluding carboxylic acids is 1. The fraction of sp³-hybridized carbons (Fsp3) is 0.0833. The van der Waals surface area contributed by atoms with Crippen LogP contribution in [0.2, 0.25) is 5.02 Å². The first-order valence-electron chi connectivity index (χ1n) is 4.94. The Morgan fingerprint density at radius 2 is 2.19 bits per heavy atom. The number of benzene rings is 1. The molecule has 0 spiro atoms. The van der Waals surface area contributed by atoms with Crippen molar-refractivity contribution in [2.75, 3.05) is 5.32 Å². The lowest BCUT2D eigenvalue weighted by Gasteiger charge is -2.07. The van der Waals surface area contributed by atoms with Crippen molar-refractivity contribution < 1.29 is 4.79 Å². The van der Waals surface area contributed by atoms with Crippen molar-refractivity contribution >= 4 is 23.3 Å². The molecule has 0 saturated carbocycles. The molecule has 1 aliphatic carbocycles. The number of urea groups is 1. The Labute approximate surface area is 98.8 Å². The summed E-state index contributed by atoms with van der Waals surface area (Å²) in [4.78, 5) is 11.5. The maximum absolute atomic E-state index is 11.5. The second-order valence-electron chi connectivity index (χ2n) is 3.39. The summed E-state index contributed by atoms with van der Waals surface area (Å²) < 4.78 is 0. The first-order chi connectivity index (χ1) is 7.74. The Bertz CT molecular complexity index is 466. The van der Waals surface area contributed by atoms with Crippen LogP contribution in [-0.4, -0.2) is 6.03 Å². The molecular formula is C12H11ClN2O. The molecular weight excluding hydrogens is 224 g/mol. The third-order valence-corrected chi connectivity index (χ3v) is 2.35. The Balaban J connectivity index is 1.94. The molecule has 2 N–H and O–H groups in total. The van der Waals surface area contributed by atoms with Gasteiger partial charge >= 0.3 is 6.03 Å². The molecule has 0 unspecified atom stereocenters. The van der Waals surface area contributed by atoms with Crippen molar-refractivity contribution in [3.8, 4) is 0 Å². The number of allylic oxidation sites excluding steroid dienone is 3. The first-order valence-corrected chi connectivity index (χ1v) is 5.32. The summed E-state index contributed by atoms with van der Waals surface area (Å²) in [5, 5.41) is 6.02. The van der Waals surface area contributed by atoms with Crippen molar-refractivity contribution in [2.45, 2.75) is 6.42 Å². The lowest BCUT2D eigenvalue weighted by atomic mass is 10.3. The normalized spacial score (nSPS) is 13.4. The van der Waals surface area contributed by atoms with Gasteiger partial charge in [0.2, 0.25) is 0 Å². The summed E-state index contributed by atoms with van der Waals surface area (Å²) in [5.41, 5.74) is 1.49. The zero-order valence-electron chi connectivity index (χ0n) is 8.53. The topological polar surface area (TPSA) is 41.1 Å². The van der Waals surface area contributed by atoms with Crippen LogP contribution < -0.4 is 10.6 Å². The molecule has 4 heteroatoms. The van der Waals surface area contributed by atoms with E-state index in [1.165, 1.54) is 0 Å². The zero-order chi connectivity index (χ0) is 11.4. The predicted molar refractivity (Wildman–Crippen MR) is 65.4 cm³/mol. The molecule has 0 aliphatic heterocycles. The molecule has 0 radical (unpaired) electrons. The standard InChI is InChI=1S/C12H11ClN2O/c13-9-4-3-7-11(8-9)15-12(16)14-10-5-1-2-6-10/h1,3-8H,2H2,(H2,14,15,16). The molecule has 2 rings (SSSR count). The van der Waals surface area contributed by atoms with Gasteiger partial charge in [0.1, 0.15) is 0 Å². The van der Waals surface area contributed by atoms with Crippen LogP contribution in [0.25, 0.3) is 0 Å². The average molecular weight is 235 g/mol. The van der Waals surface area contributed by atoms with E-state index in [0.717, 1.165) is 12.1 Å². The van der Waals surface area contributed by atoms with Gasteiger partial charge in [0, 0.05) is 16.4 Å². The minimum Gasteiger partial charge on any atom is -0.308 e. The van der Waals surface area contributed by atoms with E-state index in [1.807, 2.05) is 18.2 Å². The lowest BCUT2D eigenvalue weighted by molar-refractivity contribution is 0.254.